The number of ether oxygens (including phenoxy) is 1. The van der Waals surface area contributed by atoms with E-state index in [-0.39, 0.29) is 39.7 Å². The number of carbonyl (C=O) groups excluding carboxylic acids is 2. The summed E-state index contributed by atoms with van der Waals surface area (Å²) in [6.45, 7) is 0. The van der Waals surface area contributed by atoms with Gasteiger partial charge in [-0.1, -0.05) is 0 Å². The lowest BCUT2D eigenvalue weighted by molar-refractivity contribution is 0.0957. The predicted octanol–water partition coefficient (Wildman–Crippen LogP) is 1.77. The summed E-state index contributed by atoms with van der Waals surface area (Å²) >= 11 is 0. The Labute approximate surface area is 102 Å². The number of ketones is 2. The van der Waals surface area contributed by atoms with Crippen LogP contribution in [0.5, 0.6) is 11.5 Å². The quantitative estimate of drug-likeness (QED) is 0.705. The van der Waals surface area contributed by atoms with E-state index in [9.17, 15) is 14.7 Å². The van der Waals surface area contributed by atoms with Gasteiger partial charge in [0.1, 0.15) is 0 Å². The maximum absolute atomic E-state index is 12.1. The van der Waals surface area contributed by atoms with Crippen molar-refractivity contribution in [2.75, 3.05) is 7.11 Å². The highest BCUT2D eigenvalue weighted by atomic mass is 16.5. The van der Waals surface area contributed by atoms with Gasteiger partial charge in [-0.25, -0.2) is 0 Å². The highest BCUT2D eigenvalue weighted by molar-refractivity contribution is 6.28. The number of hydrogen-bond acceptors (Lipinski definition) is 5. The van der Waals surface area contributed by atoms with Gasteiger partial charge in [0, 0.05) is 5.56 Å². The van der Waals surface area contributed by atoms with Gasteiger partial charge in [0.15, 0.2) is 23.0 Å². The first-order chi connectivity index (χ1) is 8.65. The van der Waals surface area contributed by atoms with Crippen molar-refractivity contribution < 1.29 is 23.8 Å². The summed E-state index contributed by atoms with van der Waals surface area (Å²) in [6, 6.07) is 4.36. The minimum Gasteiger partial charge on any atom is -0.504 e. The molecule has 0 unspecified atom stereocenters. The lowest BCUT2D eigenvalue weighted by Gasteiger charge is -2.15. The molecule has 1 aliphatic rings. The number of methoxy groups -OCH3 is 1. The monoisotopic (exact) mass is 244 g/mol. The fourth-order valence-electron chi connectivity index (χ4n) is 2.08. The number of furan rings is 1. The van der Waals surface area contributed by atoms with Crippen LogP contribution < -0.4 is 4.74 Å². The van der Waals surface area contributed by atoms with Crippen molar-refractivity contribution in [2.45, 2.75) is 0 Å². The van der Waals surface area contributed by atoms with E-state index in [1.807, 2.05) is 0 Å². The summed E-state index contributed by atoms with van der Waals surface area (Å²) < 4.78 is 9.92. The molecule has 3 rings (SSSR count). The fourth-order valence-corrected chi connectivity index (χ4v) is 2.08. The molecule has 0 amide bonds. The predicted molar refractivity (Wildman–Crippen MR) is 60.2 cm³/mol. The zero-order chi connectivity index (χ0) is 12.9. The van der Waals surface area contributed by atoms with Crippen LogP contribution in [0.4, 0.5) is 0 Å². The molecule has 1 N–H and O–H groups in total. The average Bonchev–Trinajstić information content (AvgIpc) is 2.85. The first-order valence-corrected chi connectivity index (χ1v) is 5.22. The summed E-state index contributed by atoms with van der Waals surface area (Å²) in [6.07, 6.45) is 1.28. The summed E-state index contributed by atoms with van der Waals surface area (Å²) in [5, 5.41) is 9.95. The SMILES string of the molecule is COc1ccc2c(c1O)C(=O)c1occc1C2=O. The maximum Gasteiger partial charge on any atom is 0.233 e. The summed E-state index contributed by atoms with van der Waals surface area (Å²) in [4.78, 5) is 24.2. The highest BCUT2D eigenvalue weighted by Crippen LogP contribution is 2.38. The van der Waals surface area contributed by atoms with Crippen molar-refractivity contribution >= 4 is 11.6 Å². The standard InChI is InChI=1S/C13H8O5/c1-17-8-3-2-6-9(11(8)15)12(16)13-7(10(6)14)4-5-18-13/h2-5,15H,1H3. The van der Waals surface area contributed by atoms with Crippen LogP contribution in [0.1, 0.15) is 32.0 Å². The molecular formula is C13H8O5. The number of hydrogen-bond donors (Lipinski definition) is 1. The Bertz CT molecular complexity index is 681. The average molecular weight is 244 g/mol. The Morgan fingerprint density at radius 1 is 1.11 bits per heavy atom. The van der Waals surface area contributed by atoms with Gasteiger partial charge in [0.05, 0.1) is 24.5 Å². The molecule has 1 aromatic carbocycles. The normalized spacial score (nSPS) is 13.2. The Balaban J connectivity index is 2.33. The smallest absolute Gasteiger partial charge is 0.233 e. The van der Waals surface area contributed by atoms with Crippen molar-refractivity contribution in [3.8, 4) is 11.5 Å². The van der Waals surface area contributed by atoms with Gasteiger partial charge in [-0.15, -0.1) is 0 Å². The second kappa shape index (κ2) is 3.46. The first kappa shape index (κ1) is 10.6. The van der Waals surface area contributed by atoms with E-state index in [0.29, 0.717) is 0 Å². The van der Waals surface area contributed by atoms with E-state index < -0.39 is 5.78 Å². The lowest BCUT2D eigenvalue weighted by Crippen LogP contribution is -2.19. The number of aromatic hydroxyl groups is 1. The van der Waals surface area contributed by atoms with Crippen LogP contribution in [-0.2, 0) is 0 Å². The van der Waals surface area contributed by atoms with Crippen molar-refractivity contribution in [1.29, 1.82) is 0 Å². The van der Waals surface area contributed by atoms with Gasteiger partial charge < -0.3 is 14.3 Å². The zero-order valence-corrected chi connectivity index (χ0v) is 9.39. The van der Waals surface area contributed by atoms with Crippen LogP contribution >= 0.6 is 0 Å². The van der Waals surface area contributed by atoms with Gasteiger partial charge in [-0.05, 0) is 18.2 Å². The van der Waals surface area contributed by atoms with Crippen molar-refractivity contribution in [3.05, 3.63) is 46.9 Å². The summed E-state index contributed by atoms with van der Waals surface area (Å²) in [5.74, 6) is -1.09. The summed E-state index contributed by atoms with van der Waals surface area (Å²) in [5.41, 5.74) is 0.311. The third-order valence-corrected chi connectivity index (χ3v) is 2.95. The van der Waals surface area contributed by atoms with E-state index in [1.165, 1.54) is 31.6 Å². The number of carbonyl (C=O) groups is 2. The number of rotatable bonds is 1. The van der Waals surface area contributed by atoms with E-state index in [0.717, 1.165) is 0 Å². The van der Waals surface area contributed by atoms with Crippen LogP contribution in [0.3, 0.4) is 0 Å². The maximum atomic E-state index is 12.1. The third kappa shape index (κ3) is 1.15. The zero-order valence-electron chi connectivity index (χ0n) is 9.39. The topological polar surface area (TPSA) is 76.7 Å². The molecule has 0 fully saturated rings. The Morgan fingerprint density at radius 2 is 1.89 bits per heavy atom. The van der Waals surface area contributed by atoms with Crippen molar-refractivity contribution in [3.63, 3.8) is 0 Å². The molecule has 1 aromatic heterocycles. The molecule has 0 radical (unpaired) electrons. The second-order valence-electron chi connectivity index (χ2n) is 3.86. The molecule has 18 heavy (non-hydrogen) atoms. The molecule has 0 aliphatic heterocycles. The Morgan fingerprint density at radius 3 is 2.61 bits per heavy atom. The van der Waals surface area contributed by atoms with Crippen LogP contribution in [-0.4, -0.2) is 23.8 Å². The molecule has 0 bridgehead atoms. The Kier molecular flexibility index (Phi) is 2.04. The van der Waals surface area contributed by atoms with E-state index in [2.05, 4.69) is 0 Å². The first-order valence-electron chi connectivity index (χ1n) is 5.22. The van der Waals surface area contributed by atoms with E-state index in [4.69, 9.17) is 9.15 Å². The molecule has 1 aliphatic carbocycles. The molecule has 0 atom stereocenters. The lowest BCUT2D eigenvalue weighted by atomic mass is 9.88. The number of phenolic OH excluding ortho intramolecular Hbond substituents is 1. The highest BCUT2D eigenvalue weighted by Gasteiger charge is 2.35. The molecule has 2 aromatic rings. The van der Waals surface area contributed by atoms with Crippen molar-refractivity contribution in [1.82, 2.24) is 0 Å². The molecule has 90 valence electrons. The van der Waals surface area contributed by atoms with Crippen LogP contribution in [0.15, 0.2) is 28.9 Å². The Hall–Kier alpha value is -2.56. The molecule has 0 saturated carbocycles. The van der Waals surface area contributed by atoms with Crippen LogP contribution in [0.2, 0.25) is 0 Å². The molecule has 0 spiro atoms. The van der Waals surface area contributed by atoms with Gasteiger partial charge in [-0.3, -0.25) is 9.59 Å². The van der Waals surface area contributed by atoms with Gasteiger partial charge >= 0.3 is 0 Å². The molecule has 5 heteroatoms. The minimum absolute atomic E-state index is 0.0453. The molecule has 0 saturated heterocycles. The van der Waals surface area contributed by atoms with Crippen LogP contribution in [0.25, 0.3) is 0 Å². The molecular weight excluding hydrogens is 236 g/mol. The van der Waals surface area contributed by atoms with Crippen molar-refractivity contribution in [2.24, 2.45) is 0 Å². The number of fused-ring (bicyclic) bond motifs is 2. The fraction of sp³-hybridized carbons (Fsp3) is 0.0769. The molecule has 1 heterocycles. The summed E-state index contributed by atoms with van der Waals surface area (Å²) in [7, 11) is 1.37. The third-order valence-electron chi connectivity index (χ3n) is 2.95. The second-order valence-corrected chi connectivity index (χ2v) is 3.86. The van der Waals surface area contributed by atoms with Crippen LogP contribution in [0, 0.1) is 0 Å². The van der Waals surface area contributed by atoms with E-state index in [1.54, 1.807) is 0 Å². The number of benzene rings is 1. The van der Waals surface area contributed by atoms with Gasteiger partial charge in [0.25, 0.3) is 0 Å². The largest absolute Gasteiger partial charge is 0.504 e. The number of phenols is 1. The molecule has 5 nitrogen and oxygen atoms in total. The minimum atomic E-state index is -0.513. The van der Waals surface area contributed by atoms with Gasteiger partial charge in [0.2, 0.25) is 5.78 Å². The van der Waals surface area contributed by atoms with Gasteiger partial charge in [-0.2, -0.15) is 0 Å². The van der Waals surface area contributed by atoms with E-state index >= 15 is 0 Å².